The van der Waals surface area contributed by atoms with Crippen LogP contribution in [0.5, 0.6) is 0 Å². The van der Waals surface area contributed by atoms with E-state index in [-0.39, 0.29) is 17.4 Å². The summed E-state index contributed by atoms with van der Waals surface area (Å²) in [7, 11) is 0. The lowest BCUT2D eigenvalue weighted by molar-refractivity contribution is -0.117. The molecule has 0 unspecified atom stereocenters. The van der Waals surface area contributed by atoms with Gasteiger partial charge >= 0.3 is 5.97 Å². The van der Waals surface area contributed by atoms with E-state index in [0.29, 0.717) is 11.6 Å². The van der Waals surface area contributed by atoms with Gasteiger partial charge in [0.1, 0.15) is 0 Å². The zero-order valence-corrected chi connectivity index (χ0v) is 12.8. The molecule has 1 saturated heterocycles. The van der Waals surface area contributed by atoms with Gasteiger partial charge in [-0.15, -0.1) is 0 Å². The van der Waals surface area contributed by atoms with Crippen molar-refractivity contribution in [1.29, 1.82) is 0 Å². The van der Waals surface area contributed by atoms with Gasteiger partial charge in [0.25, 0.3) is 0 Å². The molecular formula is C17H22N2O3. The molecule has 0 spiro atoms. The number of benzene rings is 1. The van der Waals surface area contributed by atoms with Crippen molar-refractivity contribution < 1.29 is 14.7 Å². The molecule has 0 bridgehead atoms. The van der Waals surface area contributed by atoms with E-state index in [1.807, 2.05) is 6.07 Å². The third-order valence-corrected chi connectivity index (χ3v) is 4.64. The monoisotopic (exact) mass is 302 g/mol. The average molecular weight is 302 g/mol. The third kappa shape index (κ3) is 3.08. The Balaban J connectivity index is 1.86. The normalized spacial score (nSPS) is 24.0. The number of piperidine rings is 1. The lowest BCUT2D eigenvalue weighted by Gasteiger charge is -2.30. The van der Waals surface area contributed by atoms with E-state index in [2.05, 4.69) is 17.1 Å². The smallest absolute Gasteiger partial charge is 0.335 e. The Labute approximate surface area is 130 Å². The van der Waals surface area contributed by atoms with Gasteiger partial charge in [0.2, 0.25) is 5.91 Å². The molecule has 1 heterocycles. The third-order valence-electron chi connectivity index (χ3n) is 4.64. The summed E-state index contributed by atoms with van der Waals surface area (Å²) < 4.78 is 0. The standard InChI is InChI=1S/C17H22N2O3/c1-11-9-13(11)16(20)18-14-10-12(17(21)22)5-6-15(14)19-7-3-2-4-8-19/h5-6,10-11,13H,2-4,7-9H2,1H3,(H,18,20)(H,21,22)/t11-,13-/m1/s1. The highest BCUT2D eigenvalue weighted by Gasteiger charge is 2.39. The molecule has 2 N–H and O–H groups in total. The van der Waals surface area contributed by atoms with Gasteiger partial charge in [-0.25, -0.2) is 4.79 Å². The van der Waals surface area contributed by atoms with Gasteiger partial charge in [-0.1, -0.05) is 6.92 Å². The molecule has 1 aromatic carbocycles. The number of rotatable bonds is 4. The highest BCUT2D eigenvalue weighted by atomic mass is 16.4. The van der Waals surface area contributed by atoms with E-state index in [4.69, 9.17) is 0 Å². The maximum absolute atomic E-state index is 12.2. The van der Waals surface area contributed by atoms with Crippen molar-refractivity contribution >= 4 is 23.3 Å². The Morgan fingerprint density at radius 3 is 2.50 bits per heavy atom. The predicted molar refractivity (Wildman–Crippen MR) is 85.4 cm³/mol. The van der Waals surface area contributed by atoms with Gasteiger partial charge in [0.05, 0.1) is 16.9 Å². The summed E-state index contributed by atoms with van der Waals surface area (Å²) in [5, 5.41) is 12.1. The number of amides is 1. The molecule has 118 valence electrons. The van der Waals surface area contributed by atoms with Crippen LogP contribution < -0.4 is 10.2 Å². The first-order valence-electron chi connectivity index (χ1n) is 7.99. The molecule has 2 atom stereocenters. The van der Waals surface area contributed by atoms with E-state index in [9.17, 15) is 14.7 Å². The average Bonchev–Trinajstić information content (AvgIpc) is 3.25. The molecule has 2 fully saturated rings. The molecule has 1 amide bonds. The molecular weight excluding hydrogens is 280 g/mol. The van der Waals surface area contributed by atoms with Crippen LogP contribution in [0.25, 0.3) is 0 Å². The van der Waals surface area contributed by atoms with E-state index in [0.717, 1.165) is 38.0 Å². The second-order valence-electron chi connectivity index (χ2n) is 6.39. The molecule has 3 rings (SSSR count). The van der Waals surface area contributed by atoms with Gasteiger partial charge in [0, 0.05) is 19.0 Å². The zero-order valence-electron chi connectivity index (χ0n) is 12.8. The number of carboxylic acid groups (broad SMARTS) is 1. The van der Waals surface area contributed by atoms with Crippen LogP contribution in [0.4, 0.5) is 11.4 Å². The molecule has 1 aromatic rings. The first kappa shape index (κ1) is 14.9. The van der Waals surface area contributed by atoms with Crippen molar-refractivity contribution in [3.63, 3.8) is 0 Å². The first-order valence-corrected chi connectivity index (χ1v) is 7.99. The molecule has 1 aliphatic carbocycles. The fourth-order valence-electron chi connectivity index (χ4n) is 3.09. The Bertz CT molecular complexity index is 594. The van der Waals surface area contributed by atoms with Gasteiger partial charge < -0.3 is 15.3 Å². The lowest BCUT2D eigenvalue weighted by atomic mass is 10.1. The number of nitrogens with zero attached hydrogens (tertiary/aromatic N) is 1. The molecule has 0 aromatic heterocycles. The molecule has 0 radical (unpaired) electrons. The zero-order chi connectivity index (χ0) is 15.7. The minimum atomic E-state index is -0.972. The fraction of sp³-hybridized carbons (Fsp3) is 0.529. The van der Waals surface area contributed by atoms with Crippen LogP contribution in [0.15, 0.2) is 18.2 Å². The van der Waals surface area contributed by atoms with E-state index in [1.165, 1.54) is 6.42 Å². The van der Waals surface area contributed by atoms with Crippen molar-refractivity contribution in [1.82, 2.24) is 0 Å². The highest BCUT2D eigenvalue weighted by molar-refractivity contribution is 5.99. The second-order valence-corrected chi connectivity index (χ2v) is 6.39. The molecule has 1 saturated carbocycles. The number of carboxylic acids is 1. The minimum absolute atomic E-state index is 0.00768. The van der Waals surface area contributed by atoms with Gasteiger partial charge in [0.15, 0.2) is 0 Å². The SMILES string of the molecule is C[C@@H]1C[C@H]1C(=O)Nc1cc(C(=O)O)ccc1N1CCCCC1. The maximum Gasteiger partial charge on any atom is 0.335 e. The number of carbonyl (C=O) groups excluding carboxylic acids is 1. The topological polar surface area (TPSA) is 69.6 Å². The number of carbonyl (C=O) groups is 2. The van der Waals surface area contributed by atoms with Crippen LogP contribution in [0.3, 0.4) is 0 Å². The predicted octanol–water partition coefficient (Wildman–Crippen LogP) is 2.97. The van der Waals surface area contributed by atoms with Crippen LogP contribution in [0, 0.1) is 11.8 Å². The van der Waals surface area contributed by atoms with Crippen molar-refractivity contribution in [2.24, 2.45) is 11.8 Å². The summed E-state index contributed by atoms with van der Waals surface area (Å²) in [6, 6.07) is 5.01. The highest BCUT2D eigenvalue weighted by Crippen LogP contribution is 2.39. The number of anilines is 2. The Hall–Kier alpha value is -2.04. The maximum atomic E-state index is 12.2. The number of hydrogen-bond acceptors (Lipinski definition) is 3. The van der Waals surface area contributed by atoms with Crippen LogP contribution in [-0.2, 0) is 4.79 Å². The Kier molecular flexibility index (Phi) is 4.05. The van der Waals surface area contributed by atoms with Crippen molar-refractivity contribution in [2.75, 3.05) is 23.3 Å². The first-order chi connectivity index (χ1) is 10.6. The van der Waals surface area contributed by atoms with E-state index >= 15 is 0 Å². The van der Waals surface area contributed by atoms with Gasteiger partial charge in [-0.3, -0.25) is 4.79 Å². The summed E-state index contributed by atoms with van der Waals surface area (Å²) >= 11 is 0. The van der Waals surface area contributed by atoms with Crippen molar-refractivity contribution in [2.45, 2.75) is 32.6 Å². The lowest BCUT2D eigenvalue weighted by Crippen LogP contribution is -2.30. The molecule has 5 nitrogen and oxygen atoms in total. The largest absolute Gasteiger partial charge is 0.478 e. The molecule has 2 aliphatic rings. The van der Waals surface area contributed by atoms with Crippen LogP contribution >= 0.6 is 0 Å². The van der Waals surface area contributed by atoms with Crippen LogP contribution in [-0.4, -0.2) is 30.1 Å². The van der Waals surface area contributed by atoms with Crippen molar-refractivity contribution in [3.05, 3.63) is 23.8 Å². The quantitative estimate of drug-likeness (QED) is 0.897. The van der Waals surface area contributed by atoms with Crippen LogP contribution in [0.1, 0.15) is 43.0 Å². The molecule has 5 heteroatoms. The van der Waals surface area contributed by atoms with Crippen LogP contribution in [0.2, 0.25) is 0 Å². The number of aromatic carboxylic acids is 1. The summed E-state index contributed by atoms with van der Waals surface area (Å²) in [6.45, 7) is 3.97. The summed E-state index contributed by atoms with van der Waals surface area (Å²) in [6.07, 6.45) is 4.41. The minimum Gasteiger partial charge on any atom is -0.478 e. The Morgan fingerprint density at radius 1 is 1.23 bits per heavy atom. The number of hydrogen-bond donors (Lipinski definition) is 2. The van der Waals surface area contributed by atoms with Crippen molar-refractivity contribution in [3.8, 4) is 0 Å². The van der Waals surface area contributed by atoms with E-state index < -0.39 is 5.97 Å². The molecule has 22 heavy (non-hydrogen) atoms. The summed E-state index contributed by atoms with van der Waals surface area (Å²) in [4.78, 5) is 25.7. The number of nitrogens with one attached hydrogen (secondary N) is 1. The summed E-state index contributed by atoms with van der Waals surface area (Å²) in [5.41, 5.74) is 1.78. The summed E-state index contributed by atoms with van der Waals surface area (Å²) in [5.74, 6) is -0.461. The van der Waals surface area contributed by atoms with E-state index in [1.54, 1.807) is 12.1 Å². The Morgan fingerprint density at radius 2 is 1.91 bits per heavy atom. The second kappa shape index (κ2) is 5.99. The fourth-order valence-corrected chi connectivity index (χ4v) is 3.09. The van der Waals surface area contributed by atoms with Gasteiger partial charge in [-0.2, -0.15) is 0 Å². The van der Waals surface area contributed by atoms with Gasteiger partial charge in [-0.05, 0) is 49.8 Å². The molecule has 1 aliphatic heterocycles.